The highest BCUT2D eigenvalue weighted by atomic mass is 16.4. The Morgan fingerprint density at radius 3 is 3.06 bits per heavy atom. The summed E-state index contributed by atoms with van der Waals surface area (Å²) in [6.45, 7) is 4.58. The molecule has 0 bridgehead atoms. The van der Waals surface area contributed by atoms with Crippen LogP contribution in [0.1, 0.15) is 44.3 Å². The molecule has 1 aromatic heterocycles. The van der Waals surface area contributed by atoms with E-state index in [2.05, 4.69) is 10.4 Å². The number of aromatic nitrogens is 2. The first-order chi connectivity index (χ1) is 8.57. The largest absolute Gasteiger partial charge is 0.480 e. The highest BCUT2D eigenvalue weighted by molar-refractivity contribution is 5.79. The fourth-order valence-corrected chi connectivity index (χ4v) is 2.88. The van der Waals surface area contributed by atoms with Gasteiger partial charge in [-0.3, -0.25) is 9.48 Å². The van der Waals surface area contributed by atoms with E-state index in [1.54, 1.807) is 0 Å². The van der Waals surface area contributed by atoms with Crippen molar-refractivity contribution in [1.29, 1.82) is 0 Å². The van der Waals surface area contributed by atoms with Crippen molar-refractivity contribution in [2.24, 2.45) is 0 Å². The van der Waals surface area contributed by atoms with Gasteiger partial charge < -0.3 is 10.4 Å². The zero-order valence-corrected chi connectivity index (χ0v) is 11.0. The normalized spacial score (nSPS) is 28.2. The van der Waals surface area contributed by atoms with Crippen LogP contribution in [-0.2, 0) is 4.79 Å². The molecule has 1 aliphatic carbocycles. The molecule has 2 N–H and O–H groups in total. The average Bonchev–Trinajstić information content (AvgIpc) is 2.76. The van der Waals surface area contributed by atoms with Crippen LogP contribution in [0.25, 0.3) is 0 Å². The van der Waals surface area contributed by atoms with E-state index in [0.717, 1.165) is 18.5 Å². The molecule has 18 heavy (non-hydrogen) atoms. The van der Waals surface area contributed by atoms with Gasteiger partial charge in [-0.05, 0) is 45.2 Å². The van der Waals surface area contributed by atoms with E-state index >= 15 is 0 Å². The van der Waals surface area contributed by atoms with Crippen molar-refractivity contribution in [3.05, 3.63) is 18.0 Å². The Kier molecular flexibility index (Phi) is 3.71. The first kappa shape index (κ1) is 13.1. The molecule has 1 heterocycles. The highest BCUT2D eigenvalue weighted by Crippen LogP contribution is 2.35. The lowest BCUT2D eigenvalue weighted by Gasteiger charge is -2.38. The van der Waals surface area contributed by atoms with Crippen molar-refractivity contribution in [2.45, 2.75) is 51.1 Å². The van der Waals surface area contributed by atoms with Gasteiger partial charge in [-0.2, -0.15) is 5.10 Å². The zero-order chi connectivity index (χ0) is 13.2. The number of carboxylic acids is 1. The Balaban J connectivity index is 2.18. The topological polar surface area (TPSA) is 67.2 Å². The van der Waals surface area contributed by atoms with Crippen LogP contribution in [0, 0.1) is 6.92 Å². The molecule has 5 heteroatoms. The molecule has 1 saturated carbocycles. The van der Waals surface area contributed by atoms with Crippen LogP contribution in [0.4, 0.5) is 0 Å². The van der Waals surface area contributed by atoms with Gasteiger partial charge in [0.1, 0.15) is 5.54 Å². The van der Waals surface area contributed by atoms with Crippen LogP contribution in [0.5, 0.6) is 0 Å². The van der Waals surface area contributed by atoms with Crippen molar-refractivity contribution >= 4 is 5.97 Å². The Morgan fingerprint density at radius 1 is 1.72 bits per heavy atom. The van der Waals surface area contributed by atoms with Crippen molar-refractivity contribution in [1.82, 2.24) is 15.1 Å². The van der Waals surface area contributed by atoms with Gasteiger partial charge in [-0.1, -0.05) is 6.92 Å². The summed E-state index contributed by atoms with van der Waals surface area (Å²) in [5.41, 5.74) is 0.197. The van der Waals surface area contributed by atoms with Crippen molar-refractivity contribution in [2.75, 3.05) is 6.54 Å². The monoisotopic (exact) mass is 251 g/mol. The van der Waals surface area contributed by atoms with E-state index in [1.807, 2.05) is 30.8 Å². The maximum atomic E-state index is 11.6. The number of nitrogens with one attached hydrogen (secondary N) is 1. The minimum atomic E-state index is -0.780. The third kappa shape index (κ3) is 2.41. The second-order valence-corrected chi connectivity index (χ2v) is 5.10. The van der Waals surface area contributed by atoms with Crippen molar-refractivity contribution < 1.29 is 9.90 Å². The average molecular weight is 251 g/mol. The van der Waals surface area contributed by atoms with Crippen LogP contribution in [0.2, 0.25) is 0 Å². The summed E-state index contributed by atoms with van der Waals surface area (Å²) >= 11 is 0. The summed E-state index contributed by atoms with van der Waals surface area (Å²) in [4.78, 5) is 11.6. The number of rotatable bonds is 4. The SMILES string of the molecule is CCNC1(C(=O)O)CCCC(n2ccc(C)n2)C1. The van der Waals surface area contributed by atoms with E-state index in [9.17, 15) is 9.90 Å². The summed E-state index contributed by atoms with van der Waals surface area (Å²) in [5.74, 6) is -0.738. The van der Waals surface area contributed by atoms with Gasteiger partial charge in [0.25, 0.3) is 0 Å². The maximum absolute atomic E-state index is 11.6. The second-order valence-electron chi connectivity index (χ2n) is 5.10. The quantitative estimate of drug-likeness (QED) is 0.855. The van der Waals surface area contributed by atoms with Gasteiger partial charge in [-0.15, -0.1) is 0 Å². The molecule has 2 atom stereocenters. The van der Waals surface area contributed by atoms with Crippen LogP contribution in [0.15, 0.2) is 12.3 Å². The smallest absolute Gasteiger partial charge is 0.323 e. The number of carboxylic acid groups (broad SMARTS) is 1. The second kappa shape index (κ2) is 5.10. The molecule has 0 aliphatic heterocycles. The summed E-state index contributed by atoms with van der Waals surface area (Å²) in [7, 11) is 0. The molecule has 0 spiro atoms. The predicted octanol–water partition coefficient (Wildman–Crippen LogP) is 1.74. The van der Waals surface area contributed by atoms with Crippen molar-refractivity contribution in [3.63, 3.8) is 0 Å². The lowest BCUT2D eigenvalue weighted by molar-refractivity contribution is -0.147. The van der Waals surface area contributed by atoms with E-state index in [4.69, 9.17) is 0 Å². The lowest BCUT2D eigenvalue weighted by Crippen LogP contribution is -2.55. The number of hydrogen-bond acceptors (Lipinski definition) is 3. The number of likely N-dealkylation sites (N-methyl/N-ethyl adjacent to an activating group) is 1. The zero-order valence-electron chi connectivity index (χ0n) is 11.0. The summed E-state index contributed by atoms with van der Waals surface area (Å²) in [6.07, 6.45) is 5.18. The van der Waals surface area contributed by atoms with E-state index in [0.29, 0.717) is 19.4 Å². The molecular weight excluding hydrogens is 230 g/mol. The number of aryl methyl sites for hydroxylation is 1. The van der Waals surface area contributed by atoms with E-state index in [1.165, 1.54) is 0 Å². The van der Waals surface area contributed by atoms with Gasteiger partial charge in [0.05, 0.1) is 11.7 Å². The number of nitrogens with zero attached hydrogens (tertiary/aromatic N) is 2. The molecule has 0 radical (unpaired) electrons. The minimum Gasteiger partial charge on any atom is -0.480 e. The maximum Gasteiger partial charge on any atom is 0.323 e. The van der Waals surface area contributed by atoms with Gasteiger partial charge in [-0.25, -0.2) is 0 Å². The summed E-state index contributed by atoms with van der Waals surface area (Å²) in [6, 6.07) is 2.15. The molecular formula is C13H21N3O2. The molecule has 1 fully saturated rings. The number of carbonyl (C=O) groups is 1. The lowest BCUT2D eigenvalue weighted by atomic mass is 9.79. The molecule has 2 unspecified atom stereocenters. The first-order valence-corrected chi connectivity index (χ1v) is 6.57. The van der Waals surface area contributed by atoms with Crippen LogP contribution >= 0.6 is 0 Å². The molecule has 100 valence electrons. The molecule has 1 aromatic rings. The predicted molar refractivity (Wildman–Crippen MR) is 68.5 cm³/mol. The van der Waals surface area contributed by atoms with Gasteiger partial charge in [0, 0.05) is 6.20 Å². The molecule has 0 aromatic carbocycles. The fraction of sp³-hybridized carbons (Fsp3) is 0.692. The third-order valence-electron chi connectivity index (χ3n) is 3.77. The van der Waals surface area contributed by atoms with E-state index < -0.39 is 11.5 Å². The summed E-state index contributed by atoms with van der Waals surface area (Å²) < 4.78 is 1.92. The molecule has 1 aliphatic rings. The fourth-order valence-electron chi connectivity index (χ4n) is 2.88. The third-order valence-corrected chi connectivity index (χ3v) is 3.77. The summed E-state index contributed by atoms with van der Waals surface area (Å²) in [5, 5.41) is 17.1. The van der Waals surface area contributed by atoms with Crippen LogP contribution in [0.3, 0.4) is 0 Å². The van der Waals surface area contributed by atoms with Gasteiger partial charge >= 0.3 is 5.97 Å². The first-order valence-electron chi connectivity index (χ1n) is 6.57. The number of aliphatic carboxylic acids is 1. The van der Waals surface area contributed by atoms with E-state index in [-0.39, 0.29) is 6.04 Å². The molecule has 5 nitrogen and oxygen atoms in total. The van der Waals surface area contributed by atoms with Gasteiger partial charge in [0.2, 0.25) is 0 Å². The number of hydrogen-bond donors (Lipinski definition) is 2. The molecule has 0 amide bonds. The Morgan fingerprint density at radius 2 is 2.50 bits per heavy atom. The molecule has 2 rings (SSSR count). The molecule has 0 saturated heterocycles. The minimum absolute atomic E-state index is 0.183. The Bertz CT molecular complexity index is 426. The van der Waals surface area contributed by atoms with Gasteiger partial charge in [0.15, 0.2) is 0 Å². The Hall–Kier alpha value is -1.36. The Labute approximate surface area is 107 Å². The van der Waals surface area contributed by atoms with Crippen molar-refractivity contribution in [3.8, 4) is 0 Å². The highest BCUT2D eigenvalue weighted by Gasteiger charge is 2.42. The standard InChI is InChI=1S/C13H21N3O2/c1-3-14-13(12(17)18)7-4-5-11(9-13)16-8-6-10(2)15-16/h6,8,11,14H,3-5,7,9H2,1-2H3,(H,17,18). The van der Waals surface area contributed by atoms with Crippen LogP contribution < -0.4 is 5.32 Å². The van der Waals surface area contributed by atoms with Crippen LogP contribution in [-0.4, -0.2) is 32.9 Å².